The number of sulfonamides is 1. The topological polar surface area (TPSA) is 107 Å². The second-order valence-corrected chi connectivity index (χ2v) is 8.22. The lowest BCUT2D eigenvalue weighted by Crippen LogP contribution is -2.57. The summed E-state index contributed by atoms with van der Waals surface area (Å²) < 4.78 is 24.1. The van der Waals surface area contributed by atoms with Crippen molar-refractivity contribution in [1.29, 1.82) is 0 Å². The highest BCUT2D eigenvalue weighted by atomic mass is 32.2. The molecule has 1 saturated heterocycles. The summed E-state index contributed by atoms with van der Waals surface area (Å²) in [6, 6.07) is -1.48. The van der Waals surface area contributed by atoms with Gasteiger partial charge in [0.05, 0.1) is 6.26 Å². The fourth-order valence-electron chi connectivity index (χ4n) is 2.09. The van der Waals surface area contributed by atoms with Gasteiger partial charge in [0.25, 0.3) is 0 Å². The molecule has 0 aromatic rings. The second-order valence-electron chi connectivity index (χ2n) is 6.24. The minimum absolute atomic E-state index is 0.222. The molecule has 1 aliphatic heterocycles. The van der Waals surface area contributed by atoms with Crippen LogP contribution in [0.1, 0.15) is 20.8 Å². The number of hydrogen-bond donors (Lipinski definition) is 2. The molecule has 0 bridgehead atoms. The van der Waals surface area contributed by atoms with Crippen molar-refractivity contribution >= 4 is 22.0 Å². The zero-order valence-electron chi connectivity index (χ0n) is 12.8. The van der Waals surface area contributed by atoms with E-state index in [4.69, 9.17) is 0 Å². The monoisotopic (exact) mass is 321 g/mol. The van der Waals surface area contributed by atoms with Crippen molar-refractivity contribution in [3.63, 3.8) is 0 Å². The summed E-state index contributed by atoms with van der Waals surface area (Å²) >= 11 is 0. The lowest BCUT2D eigenvalue weighted by molar-refractivity contribution is -0.142. The number of aliphatic carboxylic acids is 1. The third kappa shape index (κ3) is 4.85. The van der Waals surface area contributed by atoms with Crippen LogP contribution in [0, 0.1) is 5.41 Å². The van der Waals surface area contributed by atoms with Crippen molar-refractivity contribution in [1.82, 2.24) is 14.5 Å². The number of nitrogens with one attached hydrogen (secondary N) is 1. The van der Waals surface area contributed by atoms with Crippen molar-refractivity contribution in [2.24, 2.45) is 5.41 Å². The minimum Gasteiger partial charge on any atom is -0.480 e. The van der Waals surface area contributed by atoms with E-state index in [9.17, 15) is 23.1 Å². The van der Waals surface area contributed by atoms with Gasteiger partial charge in [0.15, 0.2) is 0 Å². The van der Waals surface area contributed by atoms with Crippen molar-refractivity contribution in [2.75, 3.05) is 32.4 Å². The van der Waals surface area contributed by atoms with E-state index in [0.29, 0.717) is 0 Å². The first-order valence-electron chi connectivity index (χ1n) is 6.66. The average molecular weight is 321 g/mol. The summed E-state index contributed by atoms with van der Waals surface area (Å²) in [7, 11) is -3.25. The molecule has 122 valence electrons. The molecule has 8 nitrogen and oxygen atoms in total. The number of rotatable bonds is 3. The summed E-state index contributed by atoms with van der Waals surface area (Å²) in [5.74, 6) is -1.09. The van der Waals surface area contributed by atoms with Crippen LogP contribution in [-0.2, 0) is 14.8 Å². The SMILES string of the molecule is CC(C)(C)[C@H](NC(=O)N1CCN(S(C)(=O)=O)CC1)C(=O)O. The quantitative estimate of drug-likeness (QED) is 0.747. The van der Waals surface area contributed by atoms with Crippen molar-refractivity contribution in [3.05, 3.63) is 0 Å². The molecule has 1 fully saturated rings. The Morgan fingerprint density at radius 2 is 1.62 bits per heavy atom. The largest absolute Gasteiger partial charge is 0.480 e. The molecule has 1 rings (SSSR count). The summed E-state index contributed by atoms with van der Waals surface area (Å²) in [6.45, 7) is 6.12. The normalized spacial score (nSPS) is 19.1. The Morgan fingerprint density at radius 1 is 1.14 bits per heavy atom. The van der Waals surface area contributed by atoms with Gasteiger partial charge >= 0.3 is 12.0 Å². The fourth-order valence-corrected chi connectivity index (χ4v) is 2.91. The Balaban J connectivity index is 2.64. The number of carbonyl (C=O) groups excluding carboxylic acids is 1. The lowest BCUT2D eigenvalue weighted by Gasteiger charge is -2.35. The van der Waals surface area contributed by atoms with Crippen LogP contribution in [0.3, 0.4) is 0 Å². The molecule has 0 saturated carbocycles. The van der Waals surface area contributed by atoms with Gasteiger partial charge < -0.3 is 15.3 Å². The summed E-state index contributed by atoms with van der Waals surface area (Å²) in [5.41, 5.74) is -0.615. The van der Waals surface area contributed by atoms with Gasteiger partial charge in [-0.25, -0.2) is 18.0 Å². The van der Waals surface area contributed by atoms with Gasteiger partial charge in [0, 0.05) is 26.2 Å². The molecule has 0 aromatic heterocycles. The number of piperazine rings is 1. The summed E-state index contributed by atoms with van der Waals surface area (Å²) in [6.07, 6.45) is 1.13. The number of carboxylic acids is 1. The molecular weight excluding hydrogens is 298 g/mol. The van der Waals surface area contributed by atoms with Gasteiger partial charge in [-0.15, -0.1) is 0 Å². The van der Waals surface area contributed by atoms with Gasteiger partial charge in [-0.1, -0.05) is 20.8 Å². The molecule has 2 N–H and O–H groups in total. The first-order valence-corrected chi connectivity index (χ1v) is 8.51. The zero-order chi connectivity index (χ0) is 16.4. The molecule has 0 radical (unpaired) electrons. The van der Waals surface area contributed by atoms with Crippen molar-refractivity contribution < 1.29 is 23.1 Å². The highest BCUT2D eigenvalue weighted by molar-refractivity contribution is 7.88. The molecule has 0 aliphatic carbocycles. The van der Waals surface area contributed by atoms with E-state index in [1.165, 1.54) is 9.21 Å². The predicted octanol–water partition coefficient (Wildman–Crippen LogP) is -0.227. The van der Waals surface area contributed by atoms with Gasteiger partial charge in [-0.2, -0.15) is 4.31 Å². The van der Waals surface area contributed by atoms with Gasteiger partial charge in [0.2, 0.25) is 10.0 Å². The number of urea groups is 1. The van der Waals surface area contributed by atoms with Crippen molar-refractivity contribution in [2.45, 2.75) is 26.8 Å². The van der Waals surface area contributed by atoms with E-state index in [1.54, 1.807) is 20.8 Å². The Labute approximate surface area is 125 Å². The number of carbonyl (C=O) groups is 2. The minimum atomic E-state index is -3.25. The molecule has 1 aliphatic rings. The Morgan fingerprint density at radius 3 is 1.95 bits per heavy atom. The predicted molar refractivity (Wildman–Crippen MR) is 77.4 cm³/mol. The van der Waals surface area contributed by atoms with E-state index >= 15 is 0 Å². The van der Waals surface area contributed by atoms with E-state index < -0.39 is 33.5 Å². The molecule has 0 spiro atoms. The Hall–Kier alpha value is -1.35. The first-order chi connectivity index (χ1) is 9.43. The van der Waals surface area contributed by atoms with E-state index in [1.807, 2.05) is 0 Å². The molecule has 2 amide bonds. The van der Waals surface area contributed by atoms with E-state index in [2.05, 4.69) is 5.32 Å². The highest BCUT2D eigenvalue weighted by Gasteiger charge is 2.34. The number of hydrogen-bond acceptors (Lipinski definition) is 4. The zero-order valence-corrected chi connectivity index (χ0v) is 13.6. The Kier molecular flexibility index (Phi) is 5.21. The van der Waals surface area contributed by atoms with Crippen LogP contribution in [0.15, 0.2) is 0 Å². The maximum Gasteiger partial charge on any atom is 0.326 e. The first kappa shape index (κ1) is 17.7. The maximum absolute atomic E-state index is 12.1. The van der Waals surface area contributed by atoms with Crippen LogP contribution in [-0.4, -0.2) is 73.2 Å². The summed E-state index contributed by atoms with van der Waals surface area (Å²) in [5, 5.41) is 11.7. The molecule has 21 heavy (non-hydrogen) atoms. The van der Waals surface area contributed by atoms with E-state index in [0.717, 1.165) is 6.26 Å². The standard InChI is InChI=1S/C12H23N3O5S/c1-12(2,3)9(10(16)17)13-11(18)14-5-7-15(8-6-14)21(4,19)20/h9H,5-8H2,1-4H3,(H,13,18)(H,16,17)/t9-/m1/s1. The van der Waals surface area contributed by atoms with Crippen LogP contribution < -0.4 is 5.32 Å². The third-order valence-electron chi connectivity index (χ3n) is 3.38. The Bertz CT molecular complexity index is 503. The highest BCUT2D eigenvalue weighted by Crippen LogP contribution is 2.20. The van der Waals surface area contributed by atoms with Gasteiger partial charge in [0.1, 0.15) is 6.04 Å². The molecular formula is C12H23N3O5S. The van der Waals surface area contributed by atoms with Crippen molar-refractivity contribution in [3.8, 4) is 0 Å². The number of amides is 2. The smallest absolute Gasteiger partial charge is 0.326 e. The number of carboxylic acid groups (broad SMARTS) is 1. The fraction of sp³-hybridized carbons (Fsp3) is 0.833. The second kappa shape index (κ2) is 6.18. The van der Waals surface area contributed by atoms with Crippen LogP contribution in [0.5, 0.6) is 0 Å². The molecule has 9 heteroatoms. The van der Waals surface area contributed by atoms with E-state index in [-0.39, 0.29) is 26.2 Å². The van der Waals surface area contributed by atoms with Crippen LogP contribution in [0.2, 0.25) is 0 Å². The van der Waals surface area contributed by atoms with Crippen LogP contribution >= 0.6 is 0 Å². The third-order valence-corrected chi connectivity index (χ3v) is 4.68. The lowest BCUT2D eigenvalue weighted by atomic mass is 9.87. The van der Waals surface area contributed by atoms with Crippen LogP contribution in [0.25, 0.3) is 0 Å². The van der Waals surface area contributed by atoms with Gasteiger partial charge in [-0.05, 0) is 5.41 Å². The van der Waals surface area contributed by atoms with Gasteiger partial charge in [-0.3, -0.25) is 0 Å². The molecule has 1 atom stereocenters. The van der Waals surface area contributed by atoms with Crippen LogP contribution in [0.4, 0.5) is 4.79 Å². The molecule has 0 unspecified atom stereocenters. The number of nitrogens with zero attached hydrogens (tertiary/aromatic N) is 2. The molecule has 1 heterocycles. The average Bonchev–Trinajstić information content (AvgIpc) is 2.33. The summed E-state index contributed by atoms with van der Waals surface area (Å²) in [4.78, 5) is 24.8. The molecule has 0 aromatic carbocycles. The maximum atomic E-state index is 12.1.